The van der Waals surface area contributed by atoms with Crippen LogP contribution in [0.1, 0.15) is 201 Å². The molecular weight excluding hydrogens is 520 g/mol. The molecule has 4 heteroatoms. The van der Waals surface area contributed by atoms with Crippen LogP contribution in [-0.4, -0.2) is 22.2 Å². The molecule has 0 fully saturated rings. The predicted octanol–water partition coefficient (Wildman–Crippen LogP) is 12.9. The van der Waals surface area contributed by atoms with Crippen molar-refractivity contribution in [3.63, 3.8) is 0 Å². The van der Waals surface area contributed by atoms with E-state index in [-0.39, 0.29) is 0 Å². The van der Waals surface area contributed by atoms with E-state index in [1.54, 1.807) is 0 Å². The van der Waals surface area contributed by atoms with E-state index in [0.717, 1.165) is 44.4 Å². The molecule has 0 unspecified atom stereocenters. The first kappa shape index (κ1) is 42.6. The van der Waals surface area contributed by atoms with Crippen molar-refractivity contribution in [3.8, 4) is 0 Å². The van der Waals surface area contributed by atoms with Gasteiger partial charge in [-0.25, -0.2) is 0 Å². The maximum absolute atomic E-state index is 10.4. The van der Waals surface area contributed by atoms with Crippen LogP contribution in [-0.2, 0) is 9.59 Å². The Bertz CT molecular complexity index is 608. The maximum Gasteiger partial charge on any atom is 0.303 e. The van der Waals surface area contributed by atoms with Crippen LogP contribution in [0, 0.1) is 5.92 Å². The van der Waals surface area contributed by atoms with Gasteiger partial charge in [0.15, 0.2) is 0 Å². The van der Waals surface area contributed by atoms with Gasteiger partial charge in [-0.15, -0.1) is 0 Å². The maximum atomic E-state index is 10.4. The van der Waals surface area contributed by atoms with Gasteiger partial charge in [-0.2, -0.15) is 0 Å². The number of aliphatic carboxylic acids is 2. The third-order valence-corrected chi connectivity index (χ3v) is 7.76. The lowest BCUT2D eigenvalue weighted by Gasteiger charge is -2.05. The van der Waals surface area contributed by atoms with E-state index in [0.29, 0.717) is 12.8 Å². The Kier molecular flexibility index (Phi) is 37.9. The lowest BCUT2D eigenvalue weighted by molar-refractivity contribution is -0.138. The van der Waals surface area contributed by atoms with Gasteiger partial charge in [0.1, 0.15) is 0 Å². The Morgan fingerprint density at radius 2 is 0.810 bits per heavy atom. The molecule has 0 aliphatic rings. The van der Waals surface area contributed by atoms with Crippen LogP contribution in [0.2, 0.25) is 0 Å². The van der Waals surface area contributed by atoms with Gasteiger partial charge in [0.25, 0.3) is 0 Å². The number of carbonyl (C=O) groups is 2. The Balaban J connectivity index is 0. The lowest BCUT2D eigenvalue weighted by Crippen LogP contribution is -1.93. The Morgan fingerprint density at radius 3 is 1.17 bits per heavy atom. The fourth-order valence-electron chi connectivity index (χ4n) is 5.04. The molecule has 0 spiro atoms. The van der Waals surface area contributed by atoms with Crippen molar-refractivity contribution in [2.24, 2.45) is 5.92 Å². The van der Waals surface area contributed by atoms with Crippen molar-refractivity contribution >= 4 is 11.9 Å². The Morgan fingerprint density at radius 1 is 0.476 bits per heavy atom. The van der Waals surface area contributed by atoms with E-state index >= 15 is 0 Å². The van der Waals surface area contributed by atoms with Crippen LogP contribution >= 0.6 is 0 Å². The van der Waals surface area contributed by atoms with Crippen LogP contribution in [0.25, 0.3) is 0 Å². The zero-order chi connectivity index (χ0) is 31.4. The summed E-state index contributed by atoms with van der Waals surface area (Å²) in [5.74, 6) is -0.451. The molecule has 4 nitrogen and oxygen atoms in total. The van der Waals surface area contributed by atoms with E-state index in [1.165, 1.54) is 128 Å². The van der Waals surface area contributed by atoms with Gasteiger partial charge < -0.3 is 10.2 Å². The summed E-state index contributed by atoms with van der Waals surface area (Å²) in [5.41, 5.74) is 0. The summed E-state index contributed by atoms with van der Waals surface area (Å²) in [6, 6.07) is 0. The molecule has 0 aromatic rings. The Hall–Kier alpha value is -1.58. The van der Waals surface area contributed by atoms with Crippen LogP contribution in [0.3, 0.4) is 0 Å². The average Bonchev–Trinajstić information content (AvgIpc) is 2.94. The van der Waals surface area contributed by atoms with Crippen LogP contribution in [0.5, 0.6) is 0 Å². The lowest BCUT2D eigenvalue weighted by atomic mass is 10.0. The molecule has 0 aliphatic carbocycles. The largest absolute Gasteiger partial charge is 0.481 e. The fourth-order valence-corrected chi connectivity index (χ4v) is 5.04. The van der Waals surface area contributed by atoms with Crippen molar-refractivity contribution in [1.29, 1.82) is 0 Å². The SMILES string of the molecule is CC(C)CCCCCCCCCCCCCCCCC(=O)O.CCCCCC=CCC=CCCCCCCCC(=O)O. The zero-order valence-electron chi connectivity index (χ0n) is 28.4. The third kappa shape index (κ3) is 45.4. The predicted molar refractivity (Wildman–Crippen MR) is 183 cm³/mol. The number of rotatable bonds is 31. The second-order valence-corrected chi connectivity index (χ2v) is 12.7. The molecular formula is C38H72O4. The van der Waals surface area contributed by atoms with Gasteiger partial charge in [0, 0.05) is 12.8 Å². The number of hydrogen-bond donors (Lipinski definition) is 2. The van der Waals surface area contributed by atoms with E-state index in [2.05, 4.69) is 45.1 Å². The molecule has 0 bridgehead atoms. The summed E-state index contributed by atoms with van der Waals surface area (Å²) < 4.78 is 0. The highest BCUT2D eigenvalue weighted by molar-refractivity contribution is 5.66. The molecule has 0 saturated carbocycles. The number of unbranched alkanes of at least 4 members (excludes halogenated alkanes) is 21. The first-order chi connectivity index (χ1) is 20.4. The smallest absolute Gasteiger partial charge is 0.303 e. The van der Waals surface area contributed by atoms with E-state index < -0.39 is 11.9 Å². The zero-order valence-corrected chi connectivity index (χ0v) is 28.4. The highest BCUT2D eigenvalue weighted by atomic mass is 16.4. The normalized spacial score (nSPS) is 11.4. The Labute approximate surface area is 262 Å². The molecule has 0 amide bonds. The van der Waals surface area contributed by atoms with Crippen molar-refractivity contribution < 1.29 is 19.8 Å². The van der Waals surface area contributed by atoms with Crippen molar-refractivity contribution in [2.45, 2.75) is 201 Å². The number of hydrogen-bond acceptors (Lipinski definition) is 2. The summed E-state index contributed by atoms with van der Waals surface area (Å²) in [5, 5.41) is 17.0. The molecule has 0 aromatic heterocycles. The number of carboxylic acids is 2. The third-order valence-electron chi connectivity index (χ3n) is 7.76. The average molecular weight is 593 g/mol. The quantitative estimate of drug-likeness (QED) is 0.0620. The molecule has 248 valence electrons. The minimum atomic E-state index is -0.671. The molecule has 0 heterocycles. The molecule has 0 rings (SSSR count). The van der Waals surface area contributed by atoms with Gasteiger partial charge in [-0.05, 0) is 50.9 Å². The van der Waals surface area contributed by atoms with Gasteiger partial charge >= 0.3 is 11.9 Å². The van der Waals surface area contributed by atoms with Crippen LogP contribution in [0.4, 0.5) is 0 Å². The second-order valence-electron chi connectivity index (χ2n) is 12.7. The second kappa shape index (κ2) is 37.4. The van der Waals surface area contributed by atoms with E-state index in [1.807, 2.05) is 0 Å². The van der Waals surface area contributed by atoms with E-state index in [4.69, 9.17) is 10.2 Å². The number of carboxylic acid groups (broad SMARTS) is 2. The summed E-state index contributed by atoms with van der Waals surface area (Å²) in [6.45, 7) is 6.87. The highest BCUT2D eigenvalue weighted by Crippen LogP contribution is 2.15. The van der Waals surface area contributed by atoms with Crippen molar-refractivity contribution in [2.75, 3.05) is 0 Å². The van der Waals surface area contributed by atoms with Crippen LogP contribution < -0.4 is 0 Å². The molecule has 42 heavy (non-hydrogen) atoms. The van der Waals surface area contributed by atoms with Crippen LogP contribution in [0.15, 0.2) is 24.3 Å². The van der Waals surface area contributed by atoms with E-state index in [9.17, 15) is 9.59 Å². The molecule has 0 aromatic carbocycles. The monoisotopic (exact) mass is 593 g/mol. The standard InChI is InChI=1S/C20H40O2.C18H32O2/c1-19(2)17-15-13-11-9-7-5-3-4-6-8-10-12-14-16-18-20(21)22;1-2-3-4-5-6-7-8-9-10-11-12-13-14-15-16-17-18(19)20/h19H,3-18H2,1-2H3,(H,21,22);6-7,9-10H,2-5,8,11-17H2,1H3,(H,19,20). The minimum absolute atomic E-state index is 0.324. The summed E-state index contributed by atoms with van der Waals surface area (Å²) >= 11 is 0. The molecule has 0 radical (unpaired) electrons. The summed E-state index contributed by atoms with van der Waals surface area (Å²) in [6.07, 6.45) is 42.5. The molecule has 2 N–H and O–H groups in total. The van der Waals surface area contributed by atoms with Gasteiger partial charge in [-0.1, -0.05) is 167 Å². The van der Waals surface area contributed by atoms with Gasteiger partial charge in [0.05, 0.1) is 0 Å². The molecule has 0 atom stereocenters. The number of allylic oxidation sites excluding steroid dienone is 4. The van der Waals surface area contributed by atoms with Crippen molar-refractivity contribution in [1.82, 2.24) is 0 Å². The molecule has 0 aliphatic heterocycles. The van der Waals surface area contributed by atoms with Crippen molar-refractivity contribution in [3.05, 3.63) is 24.3 Å². The van der Waals surface area contributed by atoms with Gasteiger partial charge in [0.2, 0.25) is 0 Å². The highest BCUT2D eigenvalue weighted by Gasteiger charge is 1.98. The first-order valence-corrected chi connectivity index (χ1v) is 18.1. The summed E-state index contributed by atoms with van der Waals surface area (Å²) in [7, 11) is 0. The fraction of sp³-hybridized carbons (Fsp3) is 0.842. The topological polar surface area (TPSA) is 74.6 Å². The summed E-state index contributed by atoms with van der Waals surface area (Å²) in [4.78, 5) is 20.7. The first-order valence-electron chi connectivity index (χ1n) is 18.1. The minimum Gasteiger partial charge on any atom is -0.481 e. The van der Waals surface area contributed by atoms with Gasteiger partial charge in [-0.3, -0.25) is 9.59 Å². The molecule has 0 saturated heterocycles.